The topological polar surface area (TPSA) is 61.8 Å². The van der Waals surface area contributed by atoms with Crippen LogP contribution in [0.15, 0.2) is 0 Å². The van der Waals surface area contributed by atoms with Gasteiger partial charge in [0, 0.05) is 19.6 Å². The fraction of sp³-hybridized carbons (Fsp3) is 0.929. The Balaban J connectivity index is 2.82. The Kier molecular flexibility index (Phi) is 4.65. The Morgan fingerprint density at radius 3 is 2.16 bits per heavy atom. The molecule has 0 radical (unpaired) electrons. The summed E-state index contributed by atoms with van der Waals surface area (Å²) in [5.74, 6) is -0.809. The van der Waals surface area contributed by atoms with Crippen molar-refractivity contribution in [2.45, 2.75) is 58.3 Å². The molecule has 5 nitrogen and oxygen atoms in total. The number of carbonyl (C=O) groups is 1. The number of likely N-dealkylation sites (N-methyl/N-ethyl adjacent to an activating group) is 1. The summed E-state index contributed by atoms with van der Waals surface area (Å²) in [6.45, 7) is 14.5. The van der Waals surface area contributed by atoms with E-state index in [0.29, 0.717) is 13.1 Å². The second kappa shape index (κ2) is 5.38. The van der Waals surface area contributed by atoms with Gasteiger partial charge in [-0.1, -0.05) is 6.92 Å². The number of rotatable bonds is 5. The molecule has 0 saturated carbocycles. The van der Waals surface area contributed by atoms with Crippen molar-refractivity contribution in [1.29, 1.82) is 0 Å². The van der Waals surface area contributed by atoms with Gasteiger partial charge in [0.1, 0.15) is 5.54 Å². The first-order valence-electron chi connectivity index (χ1n) is 6.91. The van der Waals surface area contributed by atoms with Gasteiger partial charge in [0.2, 0.25) is 0 Å². The highest BCUT2D eigenvalue weighted by Crippen LogP contribution is 2.28. The van der Waals surface area contributed by atoms with Crippen LogP contribution >= 0.6 is 0 Å². The van der Waals surface area contributed by atoms with E-state index in [1.165, 1.54) is 0 Å². The van der Waals surface area contributed by atoms with Crippen molar-refractivity contribution in [2.75, 3.05) is 26.2 Å². The van der Waals surface area contributed by atoms with Crippen LogP contribution in [0.4, 0.5) is 0 Å². The third-order valence-corrected chi connectivity index (χ3v) is 3.34. The van der Waals surface area contributed by atoms with Crippen molar-refractivity contribution in [3.8, 4) is 0 Å². The van der Waals surface area contributed by atoms with Gasteiger partial charge in [-0.15, -0.1) is 0 Å². The first-order valence-corrected chi connectivity index (χ1v) is 6.91. The Morgan fingerprint density at radius 2 is 1.79 bits per heavy atom. The quantitative estimate of drug-likeness (QED) is 0.790. The molecule has 1 saturated heterocycles. The molecule has 0 aromatic heterocycles. The molecule has 112 valence electrons. The molecule has 0 aliphatic carbocycles. The lowest BCUT2D eigenvalue weighted by Gasteiger charge is -2.48. The summed E-state index contributed by atoms with van der Waals surface area (Å²) in [5, 5.41) is 12.5. The monoisotopic (exact) mass is 272 g/mol. The van der Waals surface area contributed by atoms with E-state index in [4.69, 9.17) is 4.74 Å². The molecule has 0 aromatic carbocycles. The second-order valence-corrected chi connectivity index (χ2v) is 6.93. The highest BCUT2D eigenvalue weighted by atomic mass is 16.5. The first-order chi connectivity index (χ1) is 8.50. The van der Waals surface area contributed by atoms with Gasteiger partial charge < -0.3 is 15.2 Å². The van der Waals surface area contributed by atoms with Crippen LogP contribution in [0.3, 0.4) is 0 Å². The van der Waals surface area contributed by atoms with Crippen LogP contribution in [-0.2, 0) is 9.53 Å². The maximum absolute atomic E-state index is 11.5. The predicted octanol–water partition coefficient (Wildman–Crippen LogP) is 1.33. The van der Waals surface area contributed by atoms with Crippen molar-refractivity contribution >= 4 is 5.97 Å². The average molecular weight is 272 g/mol. The number of hydrogen-bond donors (Lipinski definition) is 2. The first kappa shape index (κ1) is 16.4. The largest absolute Gasteiger partial charge is 0.480 e. The van der Waals surface area contributed by atoms with E-state index in [-0.39, 0.29) is 11.2 Å². The van der Waals surface area contributed by atoms with Crippen molar-refractivity contribution in [2.24, 2.45) is 0 Å². The van der Waals surface area contributed by atoms with E-state index in [9.17, 15) is 9.90 Å². The molecule has 1 aliphatic rings. The zero-order chi connectivity index (χ0) is 14.9. The summed E-state index contributed by atoms with van der Waals surface area (Å²) < 4.78 is 6.02. The molecule has 5 heteroatoms. The number of morpholine rings is 1. The molecule has 0 amide bonds. The number of hydrogen-bond acceptors (Lipinski definition) is 4. The van der Waals surface area contributed by atoms with Crippen LogP contribution in [0.1, 0.15) is 41.5 Å². The summed E-state index contributed by atoms with van der Waals surface area (Å²) >= 11 is 0. The number of carboxylic acid groups (broad SMARTS) is 1. The Morgan fingerprint density at radius 1 is 1.32 bits per heavy atom. The van der Waals surface area contributed by atoms with E-state index >= 15 is 0 Å². The zero-order valence-corrected chi connectivity index (χ0v) is 13.0. The van der Waals surface area contributed by atoms with Gasteiger partial charge in [0.15, 0.2) is 0 Å². The maximum Gasteiger partial charge on any atom is 0.324 e. The van der Waals surface area contributed by atoms with Gasteiger partial charge in [-0.2, -0.15) is 0 Å². The van der Waals surface area contributed by atoms with E-state index in [2.05, 4.69) is 10.2 Å². The predicted molar refractivity (Wildman–Crippen MR) is 75.4 cm³/mol. The Hall–Kier alpha value is -0.650. The van der Waals surface area contributed by atoms with Gasteiger partial charge in [0.25, 0.3) is 0 Å². The minimum absolute atomic E-state index is 0.257. The average Bonchev–Trinajstić information content (AvgIpc) is 2.11. The van der Waals surface area contributed by atoms with E-state index < -0.39 is 11.5 Å². The third-order valence-electron chi connectivity index (χ3n) is 3.34. The van der Waals surface area contributed by atoms with Crippen LogP contribution in [-0.4, -0.2) is 58.9 Å². The van der Waals surface area contributed by atoms with Crippen LogP contribution in [0.2, 0.25) is 0 Å². The number of ether oxygens (including phenoxy) is 1. The van der Waals surface area contributed by atoms with Gasteiger partial charge in [-0.05, 0) is 41.2 Å². The minimum atomic E-state index is -0.918. The summed E-state index contributed by atoms with van der Waals surface area (Å²) in [4.78, 5) is 13.7. The molecule has 0 aromatic rings. The third kappa shape index (κ3) is 4.44. The lowest BCUT2D eigenvalue weighted by atomic mass is 9.95. The van der Waals surface area contributed by atoms with Crippen molar-refractivity contribution in [1.82, 2.24) is 10.2 Å². The Labute approximate surface area is 116 Å². The van der Waals surface area contributed by atoms with Crippen LogP contribution in [0.5, 0.6) is 0 Å². The van der Waals surface area contributed by atoms with Crippen molar-refractivity contribution in [3.05, 3.63) is 0 Å². The van der Waals surface area contributed by atoms with E-state index in [0.717, 1.165) is 13.1 Å². The SMILES string of the molecule is CCNC(C)(CN1CC(C)(C)OC(C)(C)C1)C(=O)O. The van der Waals surface area contributed by atoms with E-state index in [1.54, 1.807) is 6.92 Å². The lowest BCUT2D eigenvalue weighted by Crippen LogP contribution is -2.63. The van der Waals surface area contributed by atoms with Gasteiger partial charge in [-0.25, -0.2) is 0 Å². The Bertz CT molecular complexity index is 326. The van der Waals surface area contributed by atoms with Crippen molar-refractivity contribution in [3.63, 3.8) is 0 Å². The molecule has 2 N–H and O–H groups in total. The fourth-order valence-corrected chi connectivity index (χ4v) is 3.09. The van der Waals surface area contributed by atoms with Crippen LogP contribution in [0.25, 0.3) is 0 Å². The molecule has 1 unspecified atom stereocenters. The van der Waals surface area contributed by atoms with Gasteiger partial charge in [-0.3, -0.25) is 9.69 Å². The maximum atomic E-state index is 11.5. The fourth-order valence-electron chi connectivity index (χ4n) is 3.09. The molecule has 1 fully saturated rings. The standard InChI is InChI=1S/C14H28N2O3/c1-7-15-14(6,11(17)18)10-16-8-12(2,3)19-13(4,5)9-16/h15H,7-10H2,1-6H3,(H,17,18). The molecular formula is C14H28N2O3. The molecule has 1 aliphatic heterocycles. The lowest BCUT2D eigenvalue weighted by molar-refractivity contribution is -0.185. The highest BCUT2D eigenvalue weighted by molar-refractivity contribution is 5.78. The summed E-state index contributed by atoms with van der Waals surface area (Å²) in [7, 11) is 0. The molecule has 0 bridgehead atoms. The molecule has 19 heavy (non-hydrogen) atoms. The number of nitrogens with zero attached hydrogens (tertiary/aromatic N) is 1. The second-order valence-electron chi connectivity index (χ2n) is 6.93. The minimum Gasteiger partial charge on any atom is -0.480 e. The normalized spacial score (nSPS) is 25.8. The highest BCUT2D eigenvalue weighted by Gasteiger charge is 2.42. The molecular weight excluding hydrogens is 244 g/mol. The number of nitrogens with one attached hydrogen (secondary N) is 1. The van der Waals surface area contributed by atoms with Gasteiger partial charge in [0.05, 0.1) is 11.2 Å². The molecule has 1 atom stereocenters. The zero-order valence-electron chi connectivity index (χ0n) is 13.0. The summed E-state index contributed by atoms with van der Waals surface area (Å²) in [5.41, 5.74) is -1.43. The smallest absolute Gasteiger partial charge is 0.324 e. The number of aliphatic carboxylic acids is 1. The number of carboxylic acids is 1. The molecule has 1 rings (SSSR count). The summed E-state index contributed by atoms with van der Waals surface area (Å²) in [6, 6.07) is 0. The van der Waals surface area contributed by atoms with Crippen LogP contribution < -0.4 is 5.32 Å². The summed E-state index contributed by atoms with van der Waals surface area (Å²) in [6.07, 6.45) is 0. The van der Waals surface area contributed by atoms with Gasteiger partial charge >= 0.3 is 5.97 Å². The molecule has 0 spiro atoms. The van der Waals surface area contributed by atoms with E-state index in [1.807, 2.05) is 34.6 Å². The van der Waals surface area contributed by atoms with Crippen molar-refractivity contribution < 1.29 is 14.6 Å². The molecule has 1 heterocycles. The van der Waals surface area contributed by atoms with Crippen LogP contribution in [0, 0.1) is 0 Å².